The van der Waals surface area contributed by atoms with Crippen LogP contribution < -0.4 is 5.32 Å². The average molecular weight is 247 g/mol. The highest BCUT2D eigenvalue weighted by Crippen LogP contribution is 2.11. The van der Waals surface area contributed by atoms with Gasteiger partial charge in [-0.15, -0.1) is 0 Å². The number of nitrogens with one attached hydrogen (secondary N) is 1. The van der Waals surface area contributed by atoms with Crippen molar-refractivity contribution in [3.8, 4) is 0 Å². The van der Waals surface area contributed by atoms with Crippen molar-refractivity contribution in [3.63, 3.8) is 0 Å². The molecule has 0 saturated heterocycles. The summed E-state index contributed by atoms with van der Waals surface area (Å²) in [6, 6.07) is 8.84. The highest BCUT2D eigenvalue weighted by atomic mass is 16.5. The van der Waals surface area contributed by atoms with Crippen molar-refractivity contribution in [1.29, 1.82) is 0 Å². The number of hydrogen-bond acceptors (Lipinski definition) is 4. The maximum Gasteiger partial charge on any atom is 0.332 e. The second kappa shape index (κ2) is 7.27. The molecule has 1 atom stereocenters. The molecule has 1 unspecified atom stereocenters. The van der Waals surface area contributed by atoms with E-state index < -0.39 is 12.0 Å². The highest BCUT2D eigenvalue weighted by Gasteiger charge is 2.09. The topological polar surface area (TPSA) is 55.4 Å². The number of carbonyl (C=O) groups is 2. The molecule has 0 aromatic heterocycles. The van der Waals surface area contributed by atoms with Crippen LogP contribution in [0.15, 0.2) is 42.1 Å². The standard InChI is InChI=1S/C14H17NO3/c1-3-18-14(17)9-11(2)15-13(10-16)12-7-5-4-6-8-12/h4-10,13,15H,3H2,1-2H3. The highest BCUT2D eigenvalue weighted by molar-refractivity contribution is 5.82. The van der Waals surface area contributed by atoms with Crippen LogP contribution in [0.5, 0.6) is 0 Å². The van der Waals surface area contributed by atoms with Crippen LogP contribution in [0.2, 0.25) is 0 Å². The van der Waals surface area contributed by atoms with E-state index in [0.29, 0.717) is 12.3 Å². The lowest BCUT2D eigenvalue weighted by Crippen LogP contribution is -2.21. The molecule has 1 aromatic rings. The van der Waals surface area contributed by atoms with Gasteiger partial charge in [-0.1, -0.05) is 30.3 Å². The minimum absolute atomic E-state index is 0.332. The molecule has 0 heterocycles. The first-order chi connectivity index (χ1) is 8.67. The minimum Gasteiger partial charge on any atom is -0.463 e. The van der Waals surface area contributed by atoms with Crippen LogP contribution in [0.3, 0.4) is 0 Å². The van der Waals surface area contributed by atoms with Crippen LogP contribution in [0.25, 0.3) is 0 Å². The van der Waals surface area contributed by atoms with E-state index >= 15 is 0 Å². The van der Waals surface area contributed by atoms with Crippen LogP contribution in [-0.2, 0) is 14.3 Å². The molecule has 0 saturated carbocycles. The third kappa shape index (κ3) is 4.41. The number of carbonyl (C=O) groups excluding carboxylic acids is 2. The van der Waals surface area contributed by atoms with Gasteiger partial charge in [-0.2, -0.15) is 0 Å². The molecule has 18 heavy (non-hydrogen) atoms. The summed E-state index contributed by atoms with van der Waals surface area (Å²) in [6.45, 7) is 3.79. The second-order valence-electron chi connectivity index (χ2n) is 3.75. The Morgan fingerprint density at radius 3 is 2.61 bits per heavy atom. The molecule has 1 rings (SSSR count). The summed E-state index contributed by atoms with van der Waals surface area (Å²) >= 11 is 0. The van der Waals surface area contributed by atoms with E-state index in [1.807, 2.05) is 30.3 Å². The Kier molecular flexibility index (Phi) is 5.64. The maximum absolute atomic E-state index is 11.2. The molecule has 0 fully saturated rings. The summed E-state index contributed by atoms with van der Waals surface area (Å²) in [5.41, 5.74) is 1.44. The van der Waals surface area contributed by atoms with Gasteiger partial charge in [0, 0.05) is 11.8 Å². The van der Waals surface area contributed by atoms with Crippen LogP contribution in [0.4, 0.5) is 0 Å². The molecular weight excluding hydrogens is 230 g/mol. The van der Waals surface area contributed by atoms with E-state index in [4.69, 9.17) is 4.74 Å². The summed E-state index contributed by atoms with van der Waals surface area (Å²) in [5.74, 6) is -0.416. The zero-order chi connectivity index (χ0) is 13.4. The van der Waals surface area contributed by atoms with Crippen molar-refractivity contribution in [2.75, 3.05) is 6.61 Å². The van der Waals surface area contributed by atoms with E-state index in [-0.39, 0.29) is 0 Å². The van der Waals surface area contributed by atoms with Crippen LogP contribution in [-0.4, -0.2) is 18.9 Å². The van der Waals surface area contributed by atoms with Crippen molar-refractivity contribution in [3.05, 3.63) is 47.7 Å². The predicted molar refractivity (Wildman–Crippen MR) is 68.8 cm³/mol. The van der Waals surface area contributed by atoms with Gasteiger partial charge in [0.15, 0.2) is 0 Å². The van der Waals surface area contributed by atoms with Gasteiger partial charge >= 0.3 is 5.97 Å². The number of rotatable bonds is 6. The smallest absolute Gasteiger partial charge is 0.332 e. The Balaban J connectivity index is 2.69. The van der Waals surface area contributed by atoms with Gasteiger partial charge in [0.25, 0.3) is 0 Å². The van der Waals surface area contributed by atoms with Gasteiger partial charge in [0.05, 0.1) is 6.61 Å². The van der Waals surface area contributed by atoms with Crippen molar-refractivity contribution in [1.82, 2.24) is 5.32 Å². The van der Waals surface area contributed by atoms with E-state index in [2.05, 4.69) is 5.32 Å². The molecule has 0 bridgehead atoms. The van der Waals surface area contributed by atoms with E-state index in [0.717, 1.165) is 11.8 Å². The van der Waals surface area contributed by atoms with Crippen LogP contribution >= 0.6 is 0 Å². The van der Waals surface area contributed by atoms with Gasteiger partial charge in [-0.3, -0.25) is 0 Å². The number of esters is 1. The fraction of sp³-hybridized carbons (Fsp3) is 0.286. The molecule has 4 heteroatoms. The van der Waals surface area contributed by atoms with Gasteiger partial charge in [0.1, 0.15) is 12.3 Å². The van der Waals surface area contributed by atoms with Gasteiger partial charge in [-0.05, 0) is 19.4 Å². The molecule has 0 aliphatic rings. The number of allylic oxidation sites excluding steroid dienone is 1. The van der Waals surface area contributed by atoms with Crippen LogP contribution in [0.1, 0.15) is 25.5 Å². The Bertz CT molecular complexity index is 426. The van der Waals surface area contributed by atoms with Crippen molar-refractivity contribution < 1.29 is 14.3 Å². The molecule has 0 spiro atoms. The first-order valence-electron chi connectivity index (χ1n) is 5.79. The van der Waals surface area contributed by atoms with Crippen molar-refractivity contribution in [2.45, 2.75) is 19.9 Å². The number of hydrogen-bond donors (Lipinski definition) is 1. The summed E-state index contributed by atoms with van der Waals surface area (Å²) in [7, 11) is 0. The quantitative estimate of drug-likeness (QED) is 0.474. The molecule has 96 valence electrons. The molecule has 0 aliphatic carbocycles. The minimum atomic E-state index is -0.461. The Labute approximate surface area is 107 Å². The normalized spacial score (nSPS) is 12.7. The van der Waals surface area contributed by atoms with Crippen molar-refractivity contribution >= 4 is 12.3 Å². The zero-order valence-electron chi connectivity index (χ0n) is 10.6. The van der Waals surface area contributed by atoms with Gasteiger partial charge in [-0.25, -0.2) is 4.79 Å². The lowest BCUT2D eigenvalue weighted by atomic mass is 10.1. The monoisotopic (exact) mass is 247 g/mol. The van der Waals surface area contributed by atoms with E-state index in [1.54, 1.807) is 13.8 Å². The Morgan fingerprint density at radius 2 is 2.06 bits per heavy atom. The summed E-state index contributed by atoms with van der Waals surface area (Å²) < 4.78 is 4.79. The van der Waals surface area contributed by atoms with Crippen LogP contribution in [0, 0.1) is 0 Å². The summed E-state index contributed by atoms with van der Waals surface area (Å²) in [6.07, 6.45) is 2.14. The number of benzene rings is 1. The van der Waals surface area contributed by atoms with Gasteiger partial charge in [0.2, 0.25) is 0 Å². The third-order valence-corrected chi connectivity index (χ3v) is 2.30. The Morgan fingerprint density at radius 1 is 1.39 bits per heavy atom. The largest absolute Gasteiger partial charge is 0.463 e. The lowest BCUT2D eigenvalue weighted by Gasteiger charge is -2.14. The molecular formula is C14H17NO3. The fourth-order valence-electron chi connectivity index (χ4n) is 1.50. The van der Waals surface area contributed by atoms with Gasteiger partial charge < -0.3 is 14.8 Å². The summed E-state index contributed by atoms with van der Waals surface area (Å²) in [4.78, 5) is 22.3. The first-order valence-corrected chi connectivity index (χ1v) is 5.79. The van der Waals surface area contributed by atoms with Crippen molar-refractivity contribution in [2.24, 2.45) is 0 Å². The number of ether oxygens (including phenoxy) is 1. The molecule has 0 amide bonds. The molecule has 0 aliphatic heterocycles. The predicted octanol–water partition coefficient (Wildman–Crippen LogP) is 1.98. The number of aldehydes is 1. The molecule has 4 nitrogen and oxygen atoms in total. The lowest BCUT2D eigenvalue weighted by molar-refractivity contribution is -0.137. The van der Waals surface area contributed by atoms with E-state index in [1.165, 1.54) is 6.08 Å². The fourth-order valence-corrected chi connectivity index (χ4v) is 1.50. The molecule has 1 aromatic carbocycles. The summed E-state index contributed by atoms with van der Waals surface area (Å²) in [5, 5.41) is 2.96. The molecule has 1 N–H and O–H groups in total. The van der Waals surface area contributed by atoms with E-state index in [9.17, 15) is 9.59 Å². The zero-order valence-corrected chi connectivity index (χ0v) is 10.6. The Hall–Kier alpha value is -2.10. The third-order valence-electron chi connectivity index (χ3n) is 2.30. The first kappa shape index (κ1) is 14.0. The molecule has 0 radical (unpaired) electrons. The maximum atomic E-state index is 11.2. The SMILES string of the molecule is CCOC(=O)C=C(C)NC(C=O)c1ccccc1. The second-order valence-corrected chi connectivity index (χ2v) is 3.75. The average Bonchev–Trinajstić information content (AvgIpc) is 2.37.